The van der Waals surface area contributed by atoms with Crippen LogP contribution in [0.1, 0.15) is 6.42 Å². The smallest absolute Gasteiger partial charge is 0.294 e. The number of piperazine rings is 1. The summed E-state index contributed by atoms with van der Waals surface area (Å²) in [6.45, 7) is 3.48. The number of hydrogen-bond acceptors (Lipinski definition) is 6. The monoisotopic (exact) mass is 434 g/mol. The average Bonchev–Trinajstić information content (AvgIpc) is 2.73. The Morgan fingerprint density at radius 3 is 2.62 bits per heavy atom. The van der Waals surface area contributed by atoms with Crippen molar-refractivity contribution in [2.75, 3.05) is 49.2 Å². The molecule has 0 unspecified atom stereocenters. The second-order valence-electron chi connectivity index (χ2n) is 6.72. The van der Waals surface area contributed by atoms with Gasteiger partial charge in [-0.3, -0.25) is 19.8 Å². The molecule has 1 fully saturated rings. The third-order valence-electron chi connectivity index (χ3n) is 4.88. The van der Waals surface area contributed by atoms with E-state index in [1.54, 1.807) is 23.9 Å². The number of para-hydroxylation sites is 1. The molecule has 29 heavy (non-hydrogen) atoms. The van der Waals surface area contributed by atoms with Gasteiger partial charge in [-0.1, -0.05) is 23.7 Å². The minimum absolute atomic E-state index is 0.0118. The van der Waals surface area contributed by atoms with E-state index in [-0.39, 0.29) is 11.6 Å². The Balaban J connectivity index is 1.50. The van der Waals surface area contributed by atoms with Crippen LogP contribution in [-0.2, 0) is 4.79 Å². The summed E-state index contributed by atoms with van der Waals surface area (Å²) in [6, 6.07) is 12.5. The number of nitrogens with one attached hydrogen (secondary N) is 1. The van der Waals surface area contributed by atoms with E-state index in [1.165, 1.54) is 6.07 Å². The molecule has 9 heteroatoms. The highest BCUT2D eigenvalue weighted by Crippen LogP contribution is 2.31. The molecule has 154 valence electrons. The predicted molar refractivity (Wildman–Crippen MR) is 118 cm³/mol. The molecule has 3 rings (SSSR count). The fourth-order valence-corrected chi connectivity index (χ4v) is 4.06. The first-order valence-electron chi connectivity index (χ1n) is 9.32. The maximum atomic E-state index is 12.3. The van der Waals surface area contributed by atoms with Gasteiger partial charge in [0.15, 0.2) is 0 Å². The highest BCUT2D eigenvalue weighted by molar-refractivity contribution is 7.98. The Kier molecular flexibility index (Phi) is 7.35. The highest BCUT2D eigenvalue weighted by Gasteiger charge is 2.24. The summed E-state index contributed by atoms with van der Waals surface area (Å²) < 4.78 is 0. The Morgan fingerprint density at radius 1 is 1.21 bits per heavy atom. The molecule has 0 saturated carbocycles. The zero-order valence-electron chi connectivity index (χ0n) is 16.1. The molecule has 1 heterocycles. The van der Waals surface area contributed by atoms with Crippen LogP contribution in [0.5, 0.6) is 0 Å². The van der Waals surface area contributed by atoms with E-state index in [0.717, 1.165) is 23.7 Å². The van der Waals surface area contributed by atoms with E-state index in [0.29, 0.717) is 36.8 Å². The lowest BCUT2D eigenvalue weighted by Gasteiger charge is -2.35. The van der Waals surface area contributed by atoms with Crippen LogP contribution in [0.25, 0.3) is 0 Å². The van der Waals surface area contributed by atoms with Gasteiger partial charge in [0.1, 0.15) is 5.69 Å². The SMILES string of the molecule is CSc1ccccc1NC(=O)CCN1CCN(c2ccc(Cl)cc2[N+](=O)[O-])CC1. The first-order chi connectivity index (χ1) is 14.0. The number of nitro benzene ring substituents is 1. The van der Waals surface area contributed by atoms with Crippen molar-refractivity contribution < 1.29 is 9.72 Å². The van der Waals surface area contributed by atoms with E-state index < -0.39 is 4.92 Å². The normalized spacial score (nSPS) is 14.6. The van der Waals surface area contributed by atoms with Crippen molar-refractivity contribution in [1.82, 2.24) is 4.90 Å². The number of carbonyl (C=O) groups excluding carboxylic acids is 1. The fourth-order valence-electron chi connectivity index (χ4n) is 3.34. The second kappa shape index (κ2) is 9.96. The number of amides is 1. The molecule has 1 N–H and O–H groups in total. The van der Waals surface area contributed by atoms with Gasteiger partial charge in [-0.25, -0.2) is 0 Å². The Morgan fingerprint density at radius 2 is 1.93 bits per heavy atom. The number of nitrogens with zero attached hydrogens (tertiary/aromatic N) is 3. The molecule has 0 spiro atoms. The summed E-state index contributed by atoms with van der Waals surface area (Å²) in [6.07, 6.45) is 2.39. The molecule has 0 atom stereocenters. The Bertz CT molecular complexity index is 888. The lowest BCUT2D eigenvalue weighted by molar-refractivity contribution is -0.384. The predicted octanol–water partition coefficient (Wildman–Crippen LogP) is 4.12. The van der Waals surface area contributed by atoms with Crippen LogP contribution in [-0.4, -0.2) is 54.7 Å². The summed E-state index contributed by atoms with van der Waals surface area (Å²) in [4.78, 5) is 28.5. The second-order valence-corrected chi connectivity index (χ2v) is 8.00. The minimum atomic E-state index is -0.398. The van der Waals surface area contributed by atoms with Crippen LogP contribution in [0.3, 0.4) is 0 Å². The molecule has 1 aliphatic rings. The van der Waals surface area contributed by atoms with Crippen LogP contribution >= 0.6 is 23.4 Å². The van der Waals surface area contributed by atoms with Crippen LogP contribution < -0.4 is 10.2 Å². The molecule has 0 aliphatic carbocycles. The van der Waals surface area contributed by atoms with E-state index in [2.05, 4.69) is 10.2 Å². The van der Waals surface area contributed by atoms with Gasteiger partial charge in [0.25, 0.3) is 5.69 Å². The van der Waals surface area contributed by atoms with Gasteiger partial charge in [0.2, 0.25) is 5.91 Å². The van der Waals surface area contributed by atoms with Crippen molar-refractivity contribution in [3.63, 3.8) is 0 Å². The van der Waals surface area contributed by atoms with Gasteiger partial charge in [0, 0.05) is 55.1 Å². The summed E-state index contributed by atoms with van der Waals surface area (Å²) in [7, 11) is 0. The number of thioether (sulfide) groups is 1. The number of carbonyl (C=O) groups is 1. The topological polar surface area (TPSA) is 78.7 Å². The van der Waals surface area contributed by atoms with Crippen LogP contribution in [0.4, 0.5) is 17.1 Å². The van der Waals surface area contributed by atoms with Crippen LogP contribution in [0.2, 0.25) is 5.02 Å². The maximum absolute atomic E-state index is 12.3. The molecule has 0 aromatic heterocycles. The van der Waals surface area contributed by atoms with Crippen LogP contribution in [0, 0.1) is 10.1 Å². The van der Waals surface area contributed by atoms with E-state index in [4.69, 9.17) is 11.6 Å². The third-order valence-corrected chi connectivity index (χ3v) is 5.91. The maximum Gasteiger partial charge on any atom is 0.294 e. The first-order valence-corrected chi connectivity index (χ1v) is 10.9. The van der Waals surface area contributed by atoms with Gasteiger partial charge >= 0.3 is 0 Å². The van der Waals surface area contributed by atoms with Gasteiger partial charge in [-0.15, -0.1) is 11.8 Å². The van der Waals surface area contributed by atoms with Crippen molar-refractivity contribution in [1.29, 1.82) is 0 Å². The van der Waals surface area contributed by atoms with Gasteiger partial charge in [0.05, 0.1) is 10.6 Å². The molecule has 7 nitrogen and oxygen atoms in total. The number of anilines is 2. The summed E-state index contributed by atoms with van der Waals surface area (Å²) in [5.41, 5.74) is 1.45. The van der Waals surface area contributed by atoms with Gasteiger partial charge in [-0.05, 0) is 30.5 Å². The first kappa shape index (κ1) is 21.4. The summed E-state index contributed by atoms with van der Waals surface area (Å²) in [5, 5.41) is 14.6. The fraction of sp³-hybridized carbons (Fsp3) is 0.350. The molecular weight excluding hydrogens is 412 g/mol. The van der Waals surface area contributed by atoms with Gasteiger partial charge < -0.3 is 10.2 Å². The van der Waals surface area contributed by atoms with Gasteiger partial charge in [-0.2, -0.15) is 0 Å². The molecule has 2 aromatic carbocycles. The molecule has 0 radical (unpaired) electrons. The van der Waals surface area contributed by atoms with Crippen molar-refractivity contribution >= 4 is 46.3 Å². The van der Waals surface area contributed by atoms with E-state index >= 15 is 0 Å². The van der Waals surface area contributed by atoms with Crippen molar-refractivity contribution in [3.05, 3.63) is 57.6 Å². The number of benzene rings is 2. The summed E-state index contributed by atoms with van der Waals surface area (Å²) in [5.74, 6) is -0.0118. The highest BCUT2D eigenvalue weighted by atomic mass is 35.5. The zero-order valence-corrected chi connectivity index (χ0v) is 17.7. The average molecular weight is 435 g/mol. The lowest BCUT2D eigenvalue weighted by Crippen LogP contribution is -2.47. The van der Waals surface area contributed by atoms with E-state index in [1.807, 2.05) is 35.4 Å². The molecule has 1 saturated heterocycles. The largest absolute Gasteiger partial charge is 0.363 e. The standard InChI is InChI=1S/C20H23ClN4O3S/c1-29-19-5-3-2-4-16(19)22-20(26)8-9-23-10-12-24(13-11-23)17-7-6-15(21)14-18(17)25(27)28/h2-7,14H,8-13H2,1H3,(H,22,26). The third kappa shape index (κ3) is 5.62. The summed E-state index contributed by atoms with van der Waals surface area (Å²) >= 11 is 7.50. The van der Waals surface area contributed by atoms with Crippen molar-refractivity contribution in [2.45, 2.75) is 11.3 Å². The minimum Gasteiger partial charge on any atom is -0.363 e. The molecule has 2 aromatic rings. The zero-order chi connectivity index (χ0) is 20.8. The quantitative estimate of drug-likeness (QED) is 0.401. The number of rotatable bonds is 7. The number of hydrogen-bond donors (Lipinski definition) is 1. The molecule has 1 aliphatic heterocycles. The Labute approximate surface area is 179 Å². The molecular formula is C20H23ClN4O3S. The number of halogens is 1. The van der Waals surface area contributed by atoms with Crippen LogP contribution in [0.15, 0.2) is 47.4 Å². The van der Waals surface area contributed by atoms with E-state index in [9.17, 15) is 14.9 Å². The lowest BCUT2D eigenvalue weighted by atomic mass is 10.2. The number of nitro groups is 1. The van der Waals surface area contributed by atoms with Crippen molar-refractivity contribution in [3.8, 4) is 0 Å². The van der Waals surface area contributed by atoms with Crippen molar-refractivity contribution in [2.24, 2.45) is 0 Å². The molecule has 1 amide bonds. The Hall–Kier alpha value is -2.29. The molecule has 0 bridgehead atoms.